The molecule has 0 aliphatic rings. The number of halogens is 1. The maximum Gasteiger partial charge on any atom is 0.148 e. The van der Waals surface area contributed by atoms with Crippen molar-refractivity contribution in [2.75, 3.05) is 5.32 Å². The fraction of sp³-hybridized carbons (Fsp3) is 0.250. The van der Waals surface area contributed by atoms with E-state index in [4.69, 9.17) is 0 Å². The van der Waals surface area contributed by atoms with Crippen LogP contribution in [0.3, 0.4) is 0 Å². The van der Waals surface area contributed by atoms with Gasteiger partial charge < -0.3 is 5.32 Å². The SMILES string of the molecule is CC(C)(C)c1ccccc1Nc1ncc(Br)cc1C#N. The Morgan fingerprint density at radius 3 is 2.60 bits per heavy atom. The maximum atomic E-state index is 9.20. The summed E-state index contributed by atoms with van der Waals surface area (Å²) in [6.07, 6.45) is 1.68. The lowest BCUT2D eigenvalue weighted by Gasteiger charge is -2.23. The Labute approximate surface area is 127 Å². The number of nitriles is 1. The van der Waals surface area contributed by atoms with Crippen molar-refractivity contribution in [1.29, 1.82) is 5.26 Å². The Morgan fingerprint density at radius 1 is 1.25 bits per heavy atom. The first kappa shape index (κ1) is 14.5. The van der Waals surface area contributed by atoms with Crippen LogP contribution in [0.25, 0.3) is 0 Å². The van der Waals surface area contributed by atoms with Crippen molar-refractivity contribution in [3.05, 3.63) is 52.1 Å². The van der Waals surface area contributed by atoms with Crippen molar-refractivity contribution in [1.82, 2.24) is 4.98 Å². The van der Waals surface area contributed by atoms with Gasteiger partial charge in [-0.2, -0.15) is 5.26 Å². The molecule has 0 saturated carbocycles. The smallest absolute Gasteiger partial charge is 0.148 e. The highest BCUT2D eigenvalue weighted by molar-refractivity contribution is 9.10. The molecule has 0 radical (unpaired) electrons. The van der Waals surface area contributed by atoms with Gasteiger partial charge in [0.25, 0.3) is 0 Å². The first-order valence-corrected chi connectivity index (χ1v) is 7.13. The van der Waals surface area contributed by atoms with E-state index in [2.05, 4.69) is 59.1 Å². The summed E-state index contributed by atoms with van der Waals surface area (Å²) in [6, 6.07) is 12.0. The highest BCUT2D eigenvalue weighted by atomic mass is 79.9. The van der Waals surface area contributed by atoms with Crippen molar-refractivity contribution < 1.29 is 0 Å². The van der Waals surface area contributed by atoms with Crippen molar-refractivity contribution in [3.8, 4) is 6.07 Å². The van der Waals surface area contributed by atoms with Gasteiger partial charge in [0.1, 0.15) is 11.9 Å². The number of benzene rings is 1. The molecule has 20 heavy (non-hydrogen) atoms. The van der Waals surface area contributed by atoms with Gasteiger partial charge in [0, 0.05) is 16.4 Å². The molecule has 0 amide bonds. The molecule has 0 saturated heterocycles. The van der Waals surface area contributed by atoms with Gasteiger partial charge in [-0.15, -0.1) is 0 Å². The number of nitrogens with one attached hydrogen (secondary N) is 1. The number of hydrogen-bond donors (Lipinski definition) is 1. The van der Waals surface area contributed by atoms with Crippen LogP contribution in [0, 0.1) is 11.3 Å². The molecular weight excluding hydrogens is 314 g/mol. The predicted molar refractivity (Wildman–Crippen MR) is 85.1 cm³/mol. The molecule has 2 aromatic rings. The molecule has 1 aromatic carbocycles. The van der Waals surface area contributed by atoms with Gasteiger partial charge in [0.15, 0.2) is 0 Å². The molecular formula is C16H16BrN3. The standard InChI is InChI=1S/C16H16BrN3/c1-16(2,3)13-6-4-5-7-14(13)20-15-11(9-18)8-12(17)10-19-15/h4-8,10H,1-3H3,(H,19,20). The van der Waals surface area contributed by atoms with Gasteiger partial charge in [-0.3, -0.25) is 0 Å². The quantitative estimate of drug-likeness (QED) is 0.864. The fourth-order valence-electron chi connectivity index (χ4n) is 2.00. The molecule has 0 aliphatic carbocycles. The molecule has 1 N–H and O–H groups in total. The van der Waals surface area contributed by atoms with E-state index in [1.54, 1.807) is 12.3 Å². The van der Waals surface area contributed by atoms with Gasteiger partial charge in [0.2, 0.25) is 0 Å². The lowest BCUT2D eigenvalue weighted by atomic mass is 9.86. The first-order valence-electron chi connectivity index (χ1n) is 6.34. The number of para-hydroxylation sites is 1. The van der Waals surface area contributed by atoms with Crippen LogP contribution in [0.1, 0.15) is 31.9 Å². The second-order valence-electron chi connectivity index (χ2n) is 5.58. The molecule has 0 aliphatic heterocycles. The molecule has 3 nitrogen and oxygen atoms in total. The minimum atomic E-state index is 0.0196. The average molecular weight is 330 g/mol. The van der Waals surface area contributed by atoms with Crippen molar-refractivity contribution in [3.63, 3.8) is 0 Å². The zero-order valence-corrected chi connectivity index (χ0v) is 13.3. The van der Waals surface area contributed by atoms with E-state index in [-0.39, 0.29) is 5.41 Å². The molecule has 0 unspecified atom stereocenters. The normalized spacial score (nSPS) is 10.9. The summed E-state index contributed by atoms with van der Waals surface area (Å²) in [5.74, 6) is 0.576. The molecule has 0 spiro atoms. The van der Waals surface area contributed by atoms with Crippen LogP contribution in [0.5, 0.6) is 0 Å². The third-order valence-electron chi connectivity index (χ3n) is 2.96. The number of nitrogens with zero attached hydrogens (tertiary/aromatic N) is 2. The molecule has 0 bridgehead atoms. The summed E-state index contributed by atoms with van der Waals surface area (Å²) < 4.78 is 0.795. The van der Waals surface area contributed by atoms with Gasteiger partial charge in [0.05, 0.1) is 5.56 Å². The summed E-state index contributed by atoms with van der Waals surface area (Å²) in [5, 5.41) is 12.5. The minimum Gasteiger partial charge on any atom is -0.339 e. The second-order valence-corrected chi connectivity index (χ2v) is 6.50. The van der Waals surface area contributed by atoms with Crippen molar-refractivity contribution in [2.45, 2.75) is 26.2 Å². The zero-order chi connectivity index (χ0) is 14.8. The lowest BCUT2D eigenvalue weighted by Crippen LogP contribution is -2.14. The molecule has 102 valence electrons. The van der Waals surface area contributed by atoms with Crippen LogP contribution in [0.15, 0.2) is 41.0 Å². The van der Waals surface area contributed by atoms with E-state index in [9.17, 15) is 5.26 Å². The van der Waals surface area contributed by atoms with Gasteiger partial charge in [-0.25, -0.2) is 4.98 Å². The summed E-state index contributed by atoms with van der Waals surface area (Å²) in [6.45, 7) is 6.48. The largest absolute Gasteiger partial charge is 0.339 e. The third kappa shape index (κ3) is 3.17. The maximum absolute atomic E-state index is 9.20. The molecule has 2 rings (SSSR count). The van der Waals surface area contributed by atoms with Gasteiger partial charge in [-0.1, -0.05) is 39.0 Å². The Kier molecular flexibility index (Phi) is 4.10. The Morgan fingerprint density at radius 2 is 1.95 bits per heavy atom. The van der Waals surface area contributed by atoms with E-state index < -0.39 is 0 Å². The Hall–Kier alpha value is -1.86. The van der Waals surface area contributed by atoms with E-state index in [0.717, 1.165) is 10.2 Å². The number of hydrogen-bond acceptors (Lipinski definition) is 3. The zero-order valence-electron chi connectivity index (χ0n) is 11.7. The minimum absolute atomic E-state index is 0.0196. The monoisotopic (exact) mass is 329 g/mol. The van der Waals surface area contributed by atoms with Crippen LogP contribution < -0.4 is 5.32 Å². The average Bonchev–Trinajstić information content (AvgIpc) is 2.40. The summed E-state index contributed by atoms with van der Waals surface area (Å²) >= 11 is 3.33. The summed E-state index contributed by atoms with van der Waals surface area (Å²) in [7, 11) is 0. The first-order chi connectivity index (χ1) is 9.41. The Bertz CT molecular complexity index is 666. The lowest BCUT2D eigenvalue weighted by molar-refractivity contribution is 0.592. The van der Waals surface area contributed by atoms with E-state index in [0.29, 0.717) is 11.4 Å². The van der Waals surface area contributed by atoms with Crippen LogP contribution >= 0.6 is 15.9 Å². The molecule has 0 fully saturated rings. The summed E-state index contributed by atoms with van der Waals surface area (Å²) in [4.78, 5) is 4.29. The summed E-state index contributed by atoms with van der Waals surface area (Å²) in [5.41, 5.74) is 2.70. The Balaban J connectivity index is 2.44. The molecule has 0 atom stereocenters. The number of aromatic nitrogens is 1. The predicted octanol–water partition coefficient (Wildman–Crippen LogP) is 4.76. The highest BCUT2D eigenvalue weighted by Crippen LogP contribution is 2.31. The van der Waals surface area contributed by atoms with Crippen molar-refractivity contribution in [2.24, 2.45) is 0 Å². The van der Waals surface area contributed by atoms with E-state index >= 15 is 0 Å². The fourth-order valence-corrected chi connectivity index (χ4v) is 2.33. The van der Waals surface area contributed by atoms with Crippen LogP contribution in [-0.2, 0) is 5.41 Å². The number of pyridine rings is 1. The number of anilines is 2. The molecule has 1 heterocycles. The second kappa shape index (κ2) is 5.64. The van der Waals surface area contributed by atoms with E-state index in [1.807, 2.05) is 18.2 Å². The topological polar surface area (TPSA) is 48.7 Å². The van der Waals surface area contributed by atoms with Gasteiger partial charge in [-0.05, 0) is 39.0 Å². The van der Waals surface area contributed by atoms with E-state index in [1.165, 1.54) is 5.56 Å². The molecule has 1 aromatic heterocycles. The van der Waals surface area contributed by atoms with Crippen LogP contribution in [0.4, 0.5) is 11.5 Å². The highest BCUT2D eigenvalue weighted by Gasteiger charge is 2.18. The van der Waals surface area contributed by atoms with Crippen LogP contribution in [0.2, 0.25) is 0 Å². The number of rotatable bonds is 2. The third-order valence-corrected chi connectivity index (χ3v) is 3.40. The van der Waals surface area contributed by atoms with Crippen LogP contribution in [-0.4, -0.2) is 4.98 Å². The van der Waals surface area contributed by atoms with Crippen molar-refractivity contribution >= 4 is 27.4 Å². The molecule has 4 heteroatoms. The van der Waals surface area contributed by atoms with Gasteiger partial charge >= 0.3 is 0 Å².